The highest BCUT2D eigenvalue weighted by Gasteiger charge is 2.07. The Morgan fingerprint density at radius 2 is 1.33 bits per heavy atom. The van der Waals surface area contributed by atoms with Crippen molar-refractivity contribution in [3.8, 4) is 22.5 Å². The van der Waals surface area contributed by atoms with Gasteiger partial charge in [-0.3, -0.25) is 10.2 Å². The first kappa shape index (κ1) is 27.9. The summed E-state index contributed by atoms with van der Waals surface area (Å²) in [5, 5.41) is 24.3. The normalized spacial score (nSPS) is 10.9. The third-order valence-electron chi connectivity index (χ3n) is 6.81. The number of rotatable bonds is 14. The molecule has 2 aromatic carbocycles. The van der Waals surface area contributed by atoms with Crippen LogP contribution in [0.3, 0.4) is 0 Å². The monoisotopic (exact) mass is 522 g/mol. The molecule has 0 fully saturated rings. The van der Waals surface area contributed by atoms with Gasteiger partial charge in [0, 0.05) is 24.1 Å². The van der Waals surface area contributed by atoms with Gasteiger partial charge in [-0.2, -0.15) is 5.10 Å². The number of aryl methyl sites for hydroxylation is 2. The molecule has 0 aliphatic carbocycles. The van der Waals surface area contributed by atoms with Gasteiger partial charge in [-0.15, -0.1) is 10.2 Å². The van der Waals surface area contributed by atoms with Gasteiger partial charge >= 0.3 is 0 Å². The molecule has 0 bridgehead atoms. The Morgan fingerprint density at radius 1 is 0.744 bits per heavy atom. The standard InChI is InChI=1S/C32H38N6O/c1-25-24-29(27-18-12-9-13-19-27)37-38(32(25)33)23-15-7-5-3-2-4-6-14-20-31(39)34-30-22-21-28(35-36-30)26-16-10-8-11-17-26/h8-13,16-19,21-22,24,33H,2-7,14-15,20,23H2,1H3,(H,34,36,39). The number of hydrogen-bond acceptors (Lipinski definition) is 5. The van der Waals surface area contributed by atoms with E-state index in [1.807, 2.05) is 72.3 Å². The van der Waals surface area contributed by atoms with Gasteiger partial charge in [0.05, 0.1) is 11.4 Å². The van der Waals surface area contributed by atoms with Crippen molar-refractivity contribution in [2.24, 2.45) is 0 Å². The average molecular weight is 523 g/mol. The number of anilines is 1. The van der Waals surface area contributed by atoms with Gasteiger partial charge in [-0.25, -0.2) is 4.68 Å². The Balaban J connectivity index is 1.06. The van der Waals surface area contributed by atoms with Gasteiger partial charge in [0.2, 0.25) is 5.91 Å². The summed E-state index contributed by atoms with van der Waals surface area (Å²) in [5.74, 6) is 0.482. The summed E-state index contributed by atoms with van der Waals surface area (Å²) in [4.78, 5) is 12.2. The first-order valence-electron chi connectivity index (χ1n) is 14.0. The van der Waals surface area contributed by atoms with Gasteiger partial charge in [0.1, 0.15) is 5.49 Å². The van der Waals surface area contributed by atoms with Crippen molar-refractivity contribution >= 4 is 11.7 Å². The van der Waals surface area contributed by atoms with Crippen LogP contribution in [0.4, 0.5) is 5.82 Å². The minimum Gasteiger partial charge on any atom is -0.309 e. The zero-order chi connectivity index (χ0) is 27.3. The molecule has 0 saturated heterocycles. The molecule has 7 heteroatoms. The number of nitrogens with zero attached hydrogens (tertiary/aromatic N) is 4. The van der Waals surface area contributed by atoms with Gasteiger partial charge in [-0.1, -0.05) is 99.2 Å². The van der Waals surface area contributed by atoms with Crippen LogP contribution in [0.25, 0.3) is 22.5 Å². The van der Waals surface area contributed by atoms with E-state index < -0.39 is 0 Å². The zero-order valence-corrected chi connectivity index (χ0v) is 22.8. The van der Waals surface area contributed by atoms with E-state index in [0.717, 1.165) is 66.7 Å². The predicted octanol–water partition coefficient (Wildman–Crippen LogP) is 6.94. The molecule has 2 aromatic heterocycles. The lowest BCUT2D eigenvalue weighted by atomic mass is 10.1. The third-order valence-corrected chi connectivity index (χ3v) is 6.81. The maximum absolute atomic E-state index is 12.2. The number of hydrogen-bond donors (Lipinski definition) is 2. The minimum atomic E-state index is -0.0109. The van der Waals surface area contributed by atoms with E-state index in [-0.39, 0.29) is 5.91 Å². The quantitative estimate of drug-likeness (QED) is 0.175. The molecule has 202 valence electrons. The van der Waals surface area contributed by atoms with Gasteiger partial charge in [0.15, 0.2) is 5.82 Å². The smallest absolute Gasteiger partial charge is 0.225 e. The minimum absolute atomic E-state index is 0.0109. The summed E-state index contributed by atoms with van der Waals surface area (Å²) in [6.07, 6.45) is 9.31. The average Bonchev–Trinajstić information content (AvgIpc) is 2.97. The fraction of sp³-hybridized carbons (Fsp3) is 0.344. The SMILES string of the molecule is Cc1cc(-c2ccccc2)nn(CCCCCCCCCCC(=O)Nc2ccc(-c3ccccc3)nn2)c1=N. The summed E-state index contributed by atoms with van der Waals surface area (Å²) in [7, 11) is 0. The number of carbonyl (C=O) groups excluding carboxylic acids is 1. The molecule has 4 aromatic rings. The molecule has 7 nitrogen and oxygen atoms in total. The largest absolute Gasteiger partial charge is 0.309 e. The Morgan fingerprint density at radius 3 is 1.95 bits per heavy atom. The van der Waals surface area contributed by atoms with Gasteiger partial charge < -0.3 is 5.32 Å². The topological polar surface area (TPSA) is 96.6 Å². The van der Waals surface area contributed by atoms with Crippen molar-refractivity contribution in [2.45, 2.75) is 71.3 Å². The van der Waals surface area contributed by atoms with Gasteiger partial charge in [-0.05, 0) is 43.5 Å². The second-order valence-corrected chi connectivity index (χ2v) is 9.95. The summed E-state index contributed by atoms with van der Waals surface area (Å²) >= 11 is 0. The van der Waals surface area contributed by atoms with Crippen LogP contribution in [0.2, 0.25) is 0 Å². The van der Waals surface area contributed by atoms with Crippen LogP contribution in [0.5, 0.6) is 0 Å². The lowest BCUT2D eigenvalue weighted by Crippen LogP contribution is -2.25. The summed E-state index contributed by atoms with van der Waals surface area (Å²) < 4.78 is 1.84. The first-order valence-corrected chi connectivity index (χ1v) is 14.0. The molecule has 2 N–H and O–H groups in total. The van der Waals surface area contributed by atoms with Crippen LogP contribution in [-0.2, 0) is 11.3 Å². The van der Waals surface area contributed by atoms with Crippen LogP contribution in [0.1, 0.15) is 63.4 Å². The Kier molecular flexibility index (Phi) is 10.5. The van der Waals surface area contributed by atoms with E-state index in [1.54, 1.807) is 6.07 Å². The Bertz CT molecular complexity index is 1370. The molecular weight excluding hydrogens is 484 g/mol. The molecule has 1 amide bonds. The van der Waals surface area contributed by atoms with Gasteiger partial charge in [0.25, 0.3) is 0 Å². The van der Waals surface area contributed by atoms with E-state index in [2.05, 4.69) is 27.6 Å². The number of aromatic nitrogens is 4. The maximum atomic E-state index is 12.2. The van der Waals surface area contributed by atoms with E-state index in [1.165, 1.54) is 19.3 Å². The highest BCUT2D eigenvalue weighted by Crippen LogP contribution is 2.18. The van der Waals surface area contributed by atoms with Crippen molar-refractivity contribution in [1.82, 2.24) is 20.0 Å². The highest BCUT2D eigenvalue weighted by atomic mass is 16.1. The second kappa shape index (κ2) is 14.7. The van der Waals surface area contributed by atoms with Crippen molar-refractivity contribution in [2.75, 3.05) is 5.32 Å². The van der Waals surface area contributed by atoms with Crippen molar-refractivity contribution in [1.29, 1.82) is 5.41 Å². The Labute approximate surface area is 230 Å². The number of amides is 1. The summed E-state index contributed by atoms with van der Waals surface area (Å²) in [6, 6.07) is 25.7. The zero-order valence-electron chi connectivity index (χ0n) is 22.8. The molecule has 2 heterocycles. The molecule has 4 rings (SSSR count). The summed E-state index contributed by atoms with van der Waals surface area (Å²) in [6.45, 7) is 2.75. The fourth-order valence-corrected chi connectivity index (χ4v) is 4.57. The van der Waals surface area contributed by atoms with Crippen LogP contribution >= 0.6 is 0 Å². The maximum Gasteiger partial charge on any atom is 0.225 e. The molecule has 0 spiro atoms. The van der Waals surface area contributed by atoms with Crippen molar-refractivity contribution < 1.29 is 4.79 Å². The van der Waals surface area contributed by atoms with E-state index in [0.29, 0.717) is 17.7 Å². The lowest BCUT2D eigenvalue weighted by Gasteiger charge is -2.11. The Hall–Kier alpha value is -4.13. The van der Waals surface area contributed by atoms with E-state index >= 15 is 0 Å². The third kappa shape index (κ3) is 8.70. The lowest BCUT2D eigenvalue weighted by molar-refractivity contribution is -0.116. The second-order valence-electron chi connectivity index (χ2n) is 9.95. The summed E-state index contributed by atoms with van der Waals surface area (Å²) in [5.41, 5.74) is 5.24. The number of unbranched alkanes of at least 4 members (excludes halogenated alkanes) is 7. The number of benzene rings is 2. The van der Waals surface area contributed by atoms with E-state index in [9.17, 15) is 4.79 Å². The number of carbonyl (C=O) groups is 1. The first-order chi connectivity index (χ1) is 19.1. The predicted molar refractivity (Wildman–Crippen MR) is 156 cm³/mol. The van der Waals surface area contributed by atoms with Crippen molar-refractivity contribution in [3.05, 3.63) is 89.9 Å². The van der Waals surface area contributed by atoms with E-state index in [4.69, 9.17) is 10.5 Å². The number of nitrogens with one attached hydrogen (secondary N) is 2. The van der Waals surface area contributed by atoms with Crippen LogP contribution < -0.4 is 10.8 Å². The highest BCUT2D eigenvalue weighted by molar-refractivity contribution is 5.89. The molecule has 0 aliphatic rings. The molecule has 0 aliphatic heterocycles. The van der Waals surface area contributed by atoms with Crippen LogP contribution in [0, 0.1) is 12.3 Å². The molecule has 0 unspecified atom stereocenters. The van der Waals surface area contributed by atoms with Crippen LogP contribution in [0.15, 0.2) is 78.9 Å². The molecule has 0 radical (unpaired) electrons. The van der Waals surface area contributed by atoms with Crippen molar-refractivity contribution in [3.63, 3.8) is 0 Å². The fourth-order valence-electron chi connectivity index (χ4n) is 4.57. The molecule has 39 heavy (non-hydrogen) atoms. The molecular formula is C32H38N6O. The molecule has 0 atom stereocenters. The molecule has 0 saturated carbocycles. The van der Waals surface area contributed by atoms with Crippen LogP contribution in [-0.4, -0.2) is 25.9 Å².